The summed E-state index contributed by atoms with van der Waals surface area (Å²) >= 11 is 0. The molecular formula is C30H38N8O. The first-order valence-electron chi connectivity index (χ1n) is 13.8. The summed E-state index contributed by atoms with van der Waals surface area (Å²) in [6.45, 7) is 15.0. The maximum absolute atomic E-state index is 6.01. The summed E-state index contributed by atoms with van der Waals surface area (Å²) in [7, 11) is 0. The van der Waals surface area contributed by atoms with Gasteiger partial charge in [0.15, 0.2) is 17.3 Å². The summed E-state index contributed by atoms with van der Waals surface area (Å²) in [6, 6.07) is 8.58. The van der Waals surface area contributed by atoms with Gasteiger partial charge in [0.05, 0.1) is 6.33 Å². The molecule has 39 heavy (non-hydrogen) atoms. The number of anilines is 1. The number of hydrogen-bond donors (Lipinski definition) is 2. The van der Waals surface area contributed by atoms with Crippen molar-refractivity contribution >= 4 is 27.9 Å². The smallest absolute Gasteiger partial charge is 0.166 e. The van der Waals surface area contributed by atoms with E-state index in [-0.39, 0.29) is 6.04 Å². The molecule has 0 radical (unpaired) electrons. The van der Waals surface area contributed by atoms with E-state index in [0.29, 0.717) is 19.0 Å². The van der Waals surface area contributed by atoms with E-state index in [2.05, 4.69) is 87.9 Å². The van der Waals surface area contributed by atoms with Gasteiger partial charge in [0.25, 0.3) is 0 Å². The van der Waals surface area contributed by atoms with Crippen LogP contribution in [0.5, 0.6) is 5.75 Å². The van der Waals surface area contributed by atoms with Crippen LogP contribution in [0.1, 0.15) is 44.9 Å². The van der Waals surface area contributed by atoms with E-state index in [1.54, 1.807) is 0 Å². The van der Waals surface area contributed by atoms with Gasteiger partial charge >= 0.3 is 0 Å². The minimum absolute atomic E-state index is 0.235. The van der Waals surface area contributed by atoms with Gasteiger partial charge in [0.1, 0.15) is 17.9 Å². The first-order chi connectivity index (χ1) is 19.0. The van der Waals surface area contributed by atoms with Crippen molar-refractivity contribution in [2.45, 2.75) is 47.1 Å². The summed E-state index contributed by atoms with van der Waals surface area (Å²) in [6.07, 6.45) is 8.40. The van der Waals surface area contributed by atoms with Crippen LogP contribution in [0.15, 0.2) is 49.2 Å². The van der Waals surface area contributed by atoms with Gasteiger partial charge in [-0.05, 0) is 69.6 Å². The normalized spacial score (nSPS) is 11.8. The standard InChI is InChI=1S/C30H38N8O/c1-6-37(7-2)12-13-39-24-8-9-25-22(18-33-26(25)15-24)10-11-32-29-27-30(38(19-34-27)20(3)4)36-28(35-29)23-14-21(5)16-31-17-23/h8-9,14-20,33H,6-7,10-13H2,1-5H3,(H,32,35,36). The van der Waals surface area contributed by atoms with Crippen molar-refractivity contribution in [3.8, 4) is 17.1 Å². The molecule has 0 atom stereocenters. The Labute approximate surface area is 229 Å². The Bertz CT molecular complexity index is 1550. The molecule has 0 bridgehead atoms. The lowest BCUT2D eigenvalue weighted by Crippen LogP contribution is -2.27. The fourth-order valence-electron chi connectivity index (χ4n) is 4.83. The molecule has 0 aliphatic rings. The van der Waals surface area contributed by atoms with E-state index in [0.717, 1.165) is 65.4 Å². The number of rotatable bonds is 12. The molecule has 0 saturated heterocycles. The SMILES string of the molecule is CCN(CC)CCOc1ccc2c(CCNc3nc(-c4cncc(C)c4)nc4c3ncn4C(C)C)c[nH]c2c1. The lowest BCUT2D eigenvalue weighted by molar-refractivity contribution is 0.223. The second kappa shape index (κ2) is 11.8. The van der Waals surface area contributed by atoms with Crippen LogP contribution >= 0.6 is 0 Å². The molecule has 5 rings (SSSR count). The minimum atomic E-state index is 0.235. The zero-order chi connectivity index (χ0) is 27.4. The first kappa shape index (κ1) is 26.6. The highest BCUT2D eigenvalue weighted by molar-refractivity contribution is 5.86. The first-order valence-corrected chi connectivity index (χ1v) is 13.8. The average Bonchev–Trinajstić information content (AvgIpc) is 3.55. The third kappa shape index (κ3) is 5.88. The fourth-order valence-corrected chi connectivity index (χ4v) is 4.83. The Morgan fingerprint density at radius 2 is 1.95 bits per heavy atom. The van der Waals surface area contributed by atoms with E-state index >= 15 is 0 Å². The maximum atomic E-state index is 6.01. The average molecular weight is 527 g/mol. The zero-order valence-electron chi connectivity index (χ0n) is 23.5. The van der Waals surface area contributed by atoms with Crippen LogP contribution in [0.4, 0.5) is 5.82 Å². The number of H-pyrrole nitrogens is 1. The van der Waals surface area contributed by atoms with Crippen LogP contribution in [0.25, 0.3) is 33.5 Å². The fraction of sp³-hybridized carbons (Fsp3) is 0.400. The molecule has 0 aliphatic carbocycles. The second-order valence-corrected chi connectivity index (χ2v) is 10.1. The van der Waals surface area contributed by atoms with Crippen molar-refractivity contribution in [1.82, 2.24) is 34.4 Å². The minimum Gasteiger partial charge on any atom is -0.492 e. The van der Waals surface area contributed by atoms with E-state index in [1.807, 2.05) is 25.6 Å². The van der Waals surface area contributed by atoms with Gasteiger partial charge in [0.2, 0.25) is 0 Å². The Morgan fingerprint density at radius 3 is 2.72 bits per heavy atom. The Morgan fingerprint density at radius 1 is 1.10 bits per heavy atom. The zero-order valence-corrected chi connectivity index (χ0v) is 23.5. The van der Waals surface area contributed by atoms with Crippen molar-refractivity contribution in [3.63, 3.8) is 0 Å². The molecule has 4 heterocycles. The number of pyridine rings is 1. The summed E-state index contributed by atoms with van der Waals surface area (Å²) in [5.41, 5.74) is 5.88. The number of benzene rings is 1. The number of fused-ring (bicyclic) bond motifs is 2. The second-order valence-electron chi connectivity index (χ2n) is 10.1. The lowest BCUT2D eigenvalue weighted by atomic mass is 10.1. The lowest BCUT2D eigenvalue weighted by Gasteiger charge is -2.18. The number of aromatic nitrogens is 6. The molecule has 5 aromatic rings. The van der Waals surface area contributed by atoms with Gasteiger partial charge in [-0.15, -0.1) is 0 Å². The third-order valence-corrected chi connectivity index (χ3v) is 7.11. The van der Waals surface area contributed by atoms with Crippen molar-refractivity contribution in [2.24, 2.45) is 0 Å². The predicted octanol–water partition coefficient (Wildman–Crippen LogP) is 5.63. The molecule has 0 spiro atoms. The number of nitrogens with zero attached hydrogens (tertiary/aromatic N) is 6. The predicted molar refractivity (Wildman–Crippen MR) is 157 cm³/mol. The molecule has 4 aromatic heterocycles. The van der Waals surface area contributed by atoms with Crippen LogP contribution in [0.2, 0.25) is 0 Å². The van der Waals surface area contributed by atoms with E-state index in [4.69, 9.17) is 14.7 Å². The van der Waals surface area contributed by atoms with Gasteiger partial charge < -0.3 is 24.5 Å². The van der Waals surface area contributed by atoms with E-state index in [1.165, 1.54) is 10.9 Å². The molecule has 0 aliphatic heterocycles. The number of likely N-dealkylation sites (N-methyl/N-ethyl adjacent to an activating group) is 1. The molecule has 1 aromatic carbocycles. The third-order valence-electron chi connectivity index (χ3n) is 7.11. The Hall–Kier alpha value is -3.98. The molecule has 2 N–H and O–H groups in total. The van der Waals surface area contributed by atoms with Crippen LogP contribution in [0.3, 0.4) is 0 Å². The number of aryl methyl sites for hydroxylation is 1. The van der Waals surface area contributed by atoms with Gasteiger partial charge in [0, 0.05) is 60.3 Å². The summed E-state index contributed by atoms with van der Waals surface area (Å²) < 4.78 is 8.09. The number of imidazole rings is 1. The van der Waals surface area contributed by atoms with Crippen molar-refractivity contribution in [3.05, 3.63) is 60.3 Å². The molecule has 0 saturated carbocycles. The molecule has 9 nitrogen and oxygen atoms in total. The molecular weight excluding hydrogens is 488 g/mol. The van der Waals surface area contributed by atoms with Gasteiger partial charge in [-0.1, -0.05) is 13.8 Å². The number of ether oxygens (including phenoxy) is 1. The molecule has 9 heteroatoms. The van der Waals surface area contributed by atoms with Crippen molar-refractivity contribution in [2.75, 3.05) is 38.1 Å². The topological polar surface area (TPSA) is 96.8 Å². The number of hydrogen-bond acceptors (Lipinski definition) is 7. The molecule has 0 fully saturated rings. The highest BCUT2D eigenvalue weighted by Crippen LogP contribution is 2.27. The van der Waals surface area contributed by atoms with Crippen LogP contribution in [-0.2, 0) is 6.42 Å². The summed E-state index contributed by atoms with van der Waals surface area (Å²) in [5.74, 6) is 2.27. The Kier molecular flexibility index (Phi) is 8.07. The van der Waals surface area contributed by atoms with Crippen molar-refractivity contribution in [1.29, 1.82) is 0 Å². The molecule has 0 amide bonds. The van der Waals surface area contributed by atoms with Crippen LogP contribution < -0.4 is 10.1 Å². The van der Waals surface area contributed by atoms with Gasteiger partial charge in [-0.3, -0.25) is 4.98 Å². The quantitative estimate of drug-likeness (QED) is 0.217. The van der Waals surface area contributed by atoms with Gasteiger partial charge in [-0.2, -0.15) is 0 Å². The summed E-state index contributed by atoms with van der Waals surface area (Å²) in [5, 5.41) is 4.74. The van der Waals surface area contributed by atoms with E-state index < -0.39 is 0 Å². The van der Waals surface area contributed by atoms with Crippen molar-refractivity contribution < 1.29 is 4.74 Å². The van der Waals surface area contributed by atoms with Crippen LogP contribution in [-0.4, -0.2) is 67.2 Å². The highest BCUT2D eigenvalue weighted by Gasteiger charge is 2.16. The Balaban J connectivity index is 1.32. The van der Waals surface area contributed by atoms with Crippen LogP contribution in [0, 0.1) is 6.92 Å². The maximum Gasteiger partial charge on any atom is 0.166 e. The number of aromatic amines is 1. The molecule has 204 valence electrons. The monoisotopic (exact) mass is 526 g/mol. The number of nitrogens with one attached hydrogen (secondary N) is 2. The largest absolute Gasteiger partial charge is 0.492 e. The van der Waals surface area contributed by atoms with E-state index in [9.17, 15) is 0 Å². The molecule has 0 unspecified atom stereocenters. The summed E-state index contributed by atoms with van der Waals surface area (Å²) in [4.78, 5) is 24.5. The highest BCUT2D eigenvalue weighted by atomic mass is 16.5. The van der Waals surface area contributed by atoms with Gasteiger partial charge in [-0.25, -0.2) is 15.0 Å².